The number of nitrogens with zero attached hydrogens (tertiary/aromatic N) is 2. The maximum Gasteiger partial charge on any atom is 0.229 e. The largest absolute Gasteiger partial charge is 0.493 e. The molecule has 7 heteroatoms. The molecule has 0 bridgehead atoms. The summed E-state index contributed by atoms with van der Waals surface area (Å²) in [5.74, 6) is 2.77. The second-order valence-electron chi connectivity index (χ2n) is 6.25. The molecular formula is C21H24N4O3. The second-order valence-corrected chi connectivity index (χ2v) is 6.25. The molecule has 1 heterocycles. The van der Waals surface area contributed by atoms with Gasteiger partial charge in [-0.1, -0.05) is 12.1 Å². The molecule has 0 radical (unpaired) electrons. The van der Waals surface area contributed by atoms with Crippen molar-refractivity contribution in [3.63, 3.8) is 0 Å². The molecular weight excluding hydrogens is 356 g/mol. The lowest BCUT2D eigenvalue weighted by Crippen LogP contribution is -2.02. The fraction of sp³-hybridized carbons (Fsp3) is 0.238. The van der Waals surface area contributed by atoms with Gasteiger partial charge in [-0.25, -0.2) is 4.98 Å². The third kappa shape index (κ3) is 4.25. The summed E-state index contributed by atoms with van der Waals surface area (Å²) in [4.78, 5) is 8.84. The van der Waals surface area contributed by atoms with Crippen LogP contribution in [-0.4, -0.2) is 31.3 Å². The molecule has 0 unspecified atom stereocenters. The Bertz CT molecular complexity index is 951. The van der Waals surface area contributed by atoms with Gasteiger partial charge in [0.2, 0.25) is 11.7 Å². The molecule has 3 rings (SSSR count). The lowest BCUT2D eigenvalue weighted by atomic mass is 10.1. The molecule has 0 saturated heterocycles. The topological polar surface area (TPSA) is 77.5 Å². The molecule has 0 fully saturated rings. The van der Waals surface area contributed by atoms with Crippen molar-refractivity contribution in [1.29, 1.82) is 0 Å². The number of aryl methyl sites for hydroxylation is 2. The minimum atomic E-state index is 0.449. The number of anilines is 4. The Morgan fingerprint density at radius 3 is 2.18 bits per heavy atom. The molecule has 2 aromatic carbocycles. The van der Waals surface area contributed by atoms with Gasteiger partial charge in [0.1, 0.15) is 5.82 Å². The van der Waals surface area contributed by atoms with E-state index in [0.29, 0.717) is 29.0 Å². The van der Waals surface area contributed by atoms with Gasteiger partial charge in [-0.3, -0.25) is 0 Å². The standard InChI is InChI=1S/C21H24N4O3/c1-13-6-7-14(2)16(10-13)24-19-8-9-22-21(25-19)23-15-11-17(26-3)20(28-5)18(12-15)27-4/h6-12H,1-5H3,(H2,22,23,24,25). The highest BCUT2D eigenvalue weighted by atomic mass is 16.5. The third-order valence-corrected chi connectivity index (χ3v) is 4.23. The van der Waals surface area contributed by atoms with Crippen LogP contribution in [0.5, 0.6) is 17.2 Å². The number of hydrogen-bond acceptors (Lipinski definition) is 7. The third-order valence-electron chi connectivity index (χ3n) is 4.23. The van der Waals surface area contributed by atoms with E-state index in [4.69, 9.17) is 14.2 Å². The molecule has 28 heavy (non-hydrogen) atoms. The average molecular weight is 380 g/mol. The first kappa shape index (κ1) is 19.3. The zero-order chi connectivity index (χ0) is 20.1. The zero-order valence-corrected chi connectivity index (χ0v) is 16.7. The van der Waals surface area contributed by atoms with Crippen LogP contribution in [-0.2, 0) is 0 Å². The first-order valence-electron chi connectivity index (χ1n) is 8.78. The van der Waals surface area contributed by atoms with E-state index < -0.39 is 0 Å². The van der Waals surface area contributed by atoms with E-state index in [1.54, 1.807) is 39.7 Å². The molecule has 2 N–H and O–H groups in total. The van der Waals surface area contributed by atoms with Gasteiger partial charge in [-0.15, -0.1) is 0 Å². The number of hydrogen-bond donors (Lipinski definition) is 2. The summed E-state index contributed by atoms with van der Waals surface area (Å²) in [6.07, 6.45) is 1.70. The maximum absolute atomic E-state index is 5.39. The lowest BCUT2D eigenvalue weighted by molar-refractivity contribution is 0.324. The van der Waals surface area contributed by atoms with Gasteiger partial charge in [-0.2, -0.15) is 4.98 Å². The molecule has 146 valence electrons. The molecule has 0 spiro atoms. The number of methoxy groups -OCH3 is 3. The minimum Gasteiger partial charge on any atom is -0.493 e. The highest BCUT2D eigenvalue weighted by molar-refractivity contribution is 5.67. The summed E-state index contributed by atoms with van der Waals surface area (Å²) in [5.41, 5.74) is 4.05. The van der Waals surface area contributed by atoms with E-state index >= 15 is 0 Å². The van der Waals surface area contributed by atoms with Crippen molar-refractivity contribution in [2.24, 2.45) is 0 Å². The molecule has 1 aromatic heterocycles. The predicted octanol–water partition coefficient (Wildman–Crippen LogP) is 4.61. The number of ether oxygens (including phenoxy) is 3. The van der Waals surface area contributed by atoms with Gasteiger partial charge in [0, 0.05) is 29.7 Å². The highest BCUT2D eigenvalue weighted by Crippen LogP contribution is 2.40. The Balaban J connectivity index is 1.86. The Labute approximate surface area is 164 Å². The van der Waals surface area contributed by atoms with Crippen molar-refractivity contribution in [3.05, 3.63) is 53.7 Å². The Kier molecular flexibility index (Phi) is 5.84. The normalized spacial score (nSPS) is 10.3. The van der Waals surface area contributed by atoms with Crippen molar-refractivity contribution in [3.8, 4) is 17.2 Å². The van der Waals surface area contributed by atoms with Crippen LogP contribution in [0.1, 0.15) is 11.1 Å². The summed E-state index contributed by atoms with van der Waals surface area (Å²) in [7, 11) is 4.72. The molecule has 0 saturated carbocycles. The first-order chi connectivity index (χ1) is 13.5. The Morgan fingerprint density at radius 1 is 0.821 bits per heavy atom. The monoisotopic (exact) mass is 380 g/mol. The van der Waals surface area contributed by atoms with Crippen LogP contribution in [0.25, 0.3) is 0 Å². The summed E-state index contributed by atoms with van der Waals surface area (Å²) in [6, 6.07) is 11.7. The Morgan fingerprint density at radius 2 is 1.54 bits per heavy atom. The van der Waals surface area contributed by atoms with Gasteiger partial charge >= 0.3 is 0 Å². The van der Waals surface area contributed by atoms with E-state index in [0.717, 1.165) is 16.9 Å². The van der Waals surface area contributed by atoms with Gasteiger partial charge in [0.25, 0.3) is 0 Å². The van der Waals surface area contributed by atoms with Crippen molar-refractivity contribution in [1.82, 2.24) is 9.97 Å². The average Bonchev–Trinajstić information content (AvgIpc) is 2.70. The molecule has 0 aliphatic heterocycles. The van der Waals surface area contributed by atoms with Crippen molar-refractivity contribution < 1.29 is 14.2 Å². The zero-order valence-electron chi connectivity index (χ0n) is 16.7. The van der Waals surface area contributed by atoms with Crippen molar-refractivity contribution in [2.45, 2.75) is 13.8 Å². The Hall–Kier alpha value is -3.48. The van der Waals surface area contributed by atoms with Gasteiger partial charge < -0.3 is 24.8 Å². The fourth-order valence-corrected chi connectivity index (χ4v) is 2.78. The smallest absolute Gasteiger partial charge is 0.229 e. The van der Waals surface area contributed by atoms with Crippen LogP contribution in [0, 0.1) is 13.8 Å². The number of rotatable bonds is 7. The number of aromatic nitrogens is 2. The first-order valence-corrected chi connectivity index (χ1v) is 8.78. The second kappa shape index (κ2) is 8.47. The molecule has 0 aliphatic rings. The van der Waals surface area contributed by atoms with E-state index in [1.165, 1.54) is 5.56 Å². The van der Waals surface area contributed by atoms with Crippen molar-refractivity contribution >= 4 is 23.1 Å². The van der Waals surface area contributed by atoms with Gasteiger partial charge in [0.15, 0.2) is 11.5 Å². The number of benzene rings is 2. The molecule has 0 aliphatic carbocycles. The van der Waals surface area contributed by atoms with E-state index in [1.807, 2.05) is 6.07 Å². The van der Waals surface area contributed by atoms with E-state index in [9.17, 15) is 0 Å². The van der Waals surface area contributed by atoms with Crippen LogP contribution < -0.4 is 24.8 Å². The summed E-state index contributed by atoms with van der Waals surface area (Å²) in [6.45, 7) is 4.11. The quantitative estimate of drug-likeness (QED) is 0.620. The molecule has 0 atom stereocenters. The SMILES string of the molecule is COc1cc(Nc2nccc(Nc3cc(C)ccc3C)n2)cc(OC)c1OC. The molecule has 7 nitrogen and oxygen atoms in total. The number of nitrogens with one attached hydrogen (secondary N) is 2. The molecule has 3 aromatic rings. The van der Waals surface area contributed by atoms with Crippen molar-refractivity contribution in [2.75, 3.05) is 32.0 Å². The fourth-order valence-electron chi connectivity index (χ4n) is 2.78. The molecule has 0 amide bonds. The van der Waals surface area contributed by atoms with Gasteiger partial charge in [0.05, 0.1) is 21.3 Å². The summed E-state index contributed by atoms with van der Waals surface area (Å²) in [5, 5.41) is 6.52. The predicted molar refractivity (Wildman–Crippen MR) is 111 cm³/mol. The van der Waals surface area contributed by atoms with Crippen LogP contribution in [0.15, 0.2) is 42.6 Å². The van der Waals surface area contributed by atoms with E-state index in [2.05, 4.69) is 52.6 Å². The minimum absolute atomic E-state index is 0.449. The summed E-state index contributed by atoms with van der Waals surface area (Å²) >= 11 is 0. The maximum atomic E-state index is 5.39. The lowest BCUT2D eigenvalue weighted by Gasteiger charge is -2.15. The van der Waals surface area contributed by atoms with Crippen LogP contribution in [0.3, 0.4) is 0 Å². The van der Waals surface area contributed by atoms with Crippen LogP contribution in [0.2, 0.25) is 0 Å². The van der Waals surface area contributed by atoms with Crippen LogP contribution in [0.4, 0.5) is 23.1 Å². The van der Waals surface area contributed by atoms with Gasteiger partial charge in [-0.05, 0) is 37.1 Å². The van der Waals surface area contributed by atoms with Crippen LogP contribution >= 0.6 is 0 Å². The van der Waals surface area contributed by atoms with E-state index in [-0.39, 0.29) is 0 Å². The highest BCUT2D eigenvalue weighted by Gasteiger charge is 2.14. The summed E-state index contributed by atoms with van der Waals surface area (Å²) < 4.78 is 16.1.